The van der Waals surface area contributed by atoms with E-state index in [4.69, 9.17) is 0 Å². The second kappa shape index (κ2) is 6.56. The maximum absolute atomic E-state index is 12.7. The maximum Gasteiger partial charge on any atom is 0.267 e. The van der Waals surface area contributed by atoms with E-state index in [9.17, 15) is 14.7 Å². The number of aryl methyl sites for hydroxylation is 2. The van der Waals surface area contributed by atoms with Crippen LogP contribution in [0.5, 0.6) is 0 Å². The zero-order valence-electron chi connectivity index (χ0n) is 14.7. The van der Waals surface area contributed by atoms with E-state index in [2.05, 4.69) is 5.10 Å². The Balaban J connectivity index is 1.46. The minimum Gasteiger partial charge on any atom is -0.389 e. The van der Waals surface area contributed by atoms with Gasteiger partial charge in [0.2, 0.25) is 5.91 Å². The van der Waals surface area contributed by atoms with E-state index >= 15 is 0 Å². The summed E-state index contributed by atoms with van der Waals surface area (Å²) in [6.07, 6.45) is 8.70. The monoisotopic (exact) mass is 345 g/mol. The molecule has 2 fully saturated rings. The molecule has 1 saturated heterocycles. The third kappa shape index (κ3) is 3.24. The van der Waals surface area contributed by atoms with E-state index in [1.54, 1.807) is 6.07 Å². The Morgan fingerprint density at radius 1 is 1.24 bits per heavy atom. The van der Waals surface area contributed by atoms with Crippen LogP contribution in [0, 0.1) is 5.92 Å². The van der Waals surface area contributed by atoms with Gasteiger partial charge in [0.05, 0.1) is 11.3 Å². The third-order valence-electron chi connectivity index (χ3n) is 6.34. The lowest BCUT2D eigenvalue weighted by Gasteiger charge is -2.47. The van der Waals surface area contributed by atoms with Crippen molar-refractivity contribution in [3.63, 3.8) is 0 Å². The molecule has 2 atom stereocenters. The van der Waals surface area contributed by atoms with E-state index < -0.39 is 5.60 Å². The number of fused-ring (bicyclic) bond motifs is 2. The van der Waals surface area contributed by atoms with Crippen molar-refractivity contribution in [2.24, 2.45) is 5.92 Å². The molecule has 0 spiro atoms. The van der Waals surface area contributed by atoms with Crippen LogP contribution in [0.25, 0.3) is 0 Å². The molecule has 6 nitrogen and oxygen atoms in total. The Kier molecular flexibility index (Phi) is 4.40. The zero-order valence-corrected chi connectivity index (χ0v) is 14.7. The number of nitrogens with zero attached hydrogens (tertiary/aromatic N) is 3. The number of carbonyl (C=O) groups is 1. The molecule has 0 unspecified atom stereocenters. The molecule has 1 N–H and O–H groups in total. The van der Waals surface area contributed by atoms with E-state index in [1.807, 2.05) is 4.90 Å². The van der Waals surface area contributed by atoms with Crippen LogP contribution < -0.4 is 5.56 Å². The normalized spacial score (nSPS) is 29.0. The number of hydrogen-bond acceptors (Lipinski definition) is 4. The molecule has 25 heavy (non-hydrogen) atoms. The summed E-state index contributed by atoms with van der Waals surface area (Å²) < 4.78 is 1.33. The molecule has 136 valence electrons. The molecule has 3 aliphatic rings. The number of hydrogen-bond donors (Lipinski definition) is 1. The third-order valence-corrected chi connectivity index (χ3v) is 6.34. The predicted octanol–water partition coefficient (Wildman–Crippen LogP) is 1.28. The van der Waals surface area contributed by atoms with Gasteiger partial charge >= 0.3 is 0 Å². The Morgan fingerprint density at radius 3 is 2.96 bits per heavy atom. The molecule has 0 radical (unpaired) electrons. The predicted molar refractivity (Wildman–Crippen MR) is 93.2 cm³/mol. The van der Waals surface area contributed by atoms with Crippen LogP contribution in [-0.4, -0.2) is 44.4 Å². The number of aliphatic hydroxyl groups is 1. The average molecular weight is 345 g/mol. The van der Waals surface area contributed by atoms with Crippen molar-refractivity contribution in [3.8, 4) is 0 Å². The van der Waals surface area contributed by atoms with Gasteiger partial charge < -0.3 is 10.0 Å². The molecule has 0 bridgehead atoms. The summed E-state index contributed by atoms with van der Waals surface area (Å²) in [5.74, 6) is 0.116. The van der Waals surface area contributed by atoms with E-state index in [0.29, 0.717) is 19.5 Å². The first-order valence-electron chi connectivity index (χ1n) is 9.65. The number of aromatic nitrogens is 2. The molecule has 1 saturated carbocycles. The van der Waals surface area contributed by atoms with Gasteiger partial charge in [-0.2, -0.15) is 5.10 Å². The Bertz CT molecular complexity index is 729. The van der Waals surface area contributed by atoms with Gasteiger partial charge in [-0.1, -0.05) is 12.8 Å². The largest absolute Gasteiger partial charge is 0.389 e. The van der Waals surface area contributed by atoms with Gasteiger partial charge in [0.1, 0.15) is 6.54 Å². The van der Waals surface area contributed by atoms with Gasteiger partial charge in [-0.15, -0.1) is 0 Å². The summed E-state index contributed by atoms with van der Waals surface area (Å²) in [7, 11) is 0. The smallest absolute Gasteiger partial charge is 0.267 e. The molecule has 1 aromatic rings. The lowest BCUT2D eigenvalue weighted by atomic mass is 9.71. The molecule has 4 rings (SSSR count). The van der Waals surface area contributed by atoms with Gasteiger partial charge in [-0.25, -0.2) is 4.68 Å². The summed E-state index contributed by atoms with van der Waals surface area (Å²) in [5.41, 5.74) is 1.25. The van der Waals surface area contributed by atoms with Crippen LogP contribution in [-0.2, 0) is 24.2 Å². The molecular weight excluding hydrogens is 318 g/mol. The molecule has 2 heterocycles. The fraction of sp³-hybridized carbons (Fsp3) is 0.737. The molecule has 1 aromatic heterocycles. The number of piperidine rings is 1. The number of carbonyl (C=O) groups excluding carboxylic acids is 1. The topological polar surface area (TPSA) is 75.4 Å². The first-order chi connectivity index (χ1) is 12.0. The van der Waals surface area contributed by atoms with E-state index in [-0.39, 0.29) is 23.9 Å². The highest BCUT2D eigenvalue weighted by atomic mass is 16.3. The highest BCUT2D eigenvalue weighted by Gasteiger charge is 2.43. The van der Waals surface area contributed by atoms with Crippen LogP contribution in [0.4, 0.5) is 0 Å². The molecular formula is C19H27N3O3. The van der Waals surface area contributed by atoms with Gasteiger partial charge in [-0.3, -0.25) is 9.59 Å². The lowest BCUT2D eigenvalue weighted by molar-refractivity contribution is -0.144. The Labute approximate surface area is 147 Å². The highest BCUT2D eigenvalue weighted by Crippen LogP contribution is 2.39. The number of amides is 1. The second-order valence-corrected chi connectivity index (χ2v) is 7.96. The van der Waals surface area contributed by atoms with Crippen molar-refractivity contribution in [1.29, 1.82) is 0 Å². The van der Waals surface area contributed by atoms with Gasteiger partial charge in [0, 0.05) is 25.1 Å². The minimum absolute atomic E-state index is 0.0112. The average Bonchev–Trinajstić information content (AvgIpc) is 2.61. The SMILES string of the molecule is O=C(Cn1nc2c(cc1=O)CCCC2)N1CC[C@]2(O)CCCC[C@@H]2C1. The molecule has 2 aliphatic carbocycles. The summed E-state index contributed by atoms with van der Waals surface area (Å²) in [5, 5.41) is 15.2. The number of rotatable bonds is 2. The van der Waals surface area contributed by atoms with Crippen molar-refractivity contribution < 1.29 is 9.90 Å². The van der Waals surface area contributed by atoms with Crippen LogP contribution in [0.3, 0.4) is 0 Å². The van der Waals surface area contributed by atoms with Crippen LogP contribution in [0.15, 0.2) is 10.9 Å². The van der Waals surface area contributed by atoms with Crippen molar-refractivity contribution in [2.45, 2.75) is 69.9 Å². The van der Waals surface area contributed by atoms with Crippen LogP contribution >= 0.6 is 0 Å². The highest BCUT2D eigenvalue weighted by molar-refractivity contribution is 5.76. The summed E-state index contributed by atoms with van der Waals surface area (Å²) in [6.45, 7) is 1.19. The molecule has 6 heteroatoms. The van der Waals surface area contributed by atoms with Crippen LogP contribution in [0.2, 0.25) is 0 Å². The lowest BCUT2D eigenvalue weighted by Crippen LogP contribution is -2.55. The minimum atomic E-state index is -0.587. The summed E-state index contributed by atoms with van der Waals surface area (Å²) in [6, 6.07) is 1.66. The molecule has 1 aliphatic heterocycles. The van der Waals surface area contributed by atoms with E-state index in [1.165, 1.54) is 4.68 Å². The zero-order chi connectivity index (χ0) is 17.4. The molecule has 0 aromatic carbocycles. The quantitative estimate of drug-likeness (QED) is 0.876. The summed E-state index contributed by atoms with van der Waals surface area (Å²) in [4.78, 5) is 26.8. The Hall–Kier alpha value is -1.69. The first kappa shape index (κ1) is 16.8. The summed E-state index contributed by atoms with van der Waals surface area (Å²) >= 11 is 0. The second-order valence-electron chi connectivity index (χ2n) is 7.96. The van der Waals surface area contributed by atoms with Gasteiger partial charge in [-0.05, 0) is 50.5 Å². The van der Waals surface area contributed by atoms with Crippen molar-refractivity contribution in [1.82, 2.24) is 14.7 Å². The standard InChI is InChI=1S/C19H27N3O3/c23-17-11-14-5-1-2-7-16(14)20-22(17)13-18(24)21-10-9-19(25)8-4-3-6-15(19)12-21/h11,15,25H,1-10,12-13H2/t15-,19-/m1/s1. The Morgan fingerprint density at radius 2 is 2.08 bits per heavy atom. The van der Waals surface area contributed by atoms with Crippen molar-refractivity contribution >= 4 is 5.91 Å². The van der Waals surface area contributed by atoms with Gasteiger partial charge in [0.25, 0.3) is 5.56 Å². The van der Waals surface area contributed by atoms with E-state index in [0.717, 1.165) is 62.6 Å². The maximum atomic E-state index is 12.7. The van der Waals surface area contributed by atoms with Gasteiger partial charge in [0.15, 0.2) is 0 Å². The molecule has 1 amide bonds. The fourth-order valence-corrected chi connectivity index (χ4v) is 4.74. The first-order valence-corrected chi connectivity index (χ1v) is 9.65. The van der Waals surface area contributed by atoms with Crippen molar-refractivity contribution in [2.75, 3.05) is 13.1 Å². The van der Waals surface area contributed by atoms with Crippen molar-refractivity contribution in [3.05, 3.63) is 27.7 Å². The fourth-order valence-electron chi connectivity index (χ4n) is 4.74. The number of likely N-dealkylation sites (tertiary alicyclic amines) is 1. The van der Waals surface area contributed by atoms with Crippen LogP contribution in [0.1, 0.15) is 56.2 Å².